The van der Waals surface area contributed by atoms with Crippen LogP contribution in [-0.4, -0.2) is 28.5 Å². The Bertz CT molecular complexity index is 1000. The monoisotopic (exact) mass is 443 g/mol. The molecule has 0 saturated heterocycles. The molecule has 5 nitrogen and oxygen atoms in total. The summed E-state index contributed by atoms with van der Waals surface area (Å²) in [6.45, 7) is -1.04. The van der Waals surface area contributed by atoms with Gasteiger partial charge in [-0.2, -0.15) is 18.3 Å². The Labute approximate surface area is 174 Å². The SMILES string of the molecule is O=C(Nc1nn(Cc2ccc(Cl)cc2)cc1Cl)c1cccc(OCC(F)(F)F)c1. The van der Waals surface area contributed by atoms with Gasteiger partial charge in [0.15, 0.2) is 12.4 Å². The molecule has 29 heavy (non-hydrogen) atoms. The van der Waals surface area contributed by atoms with Gasteiger partial charge in [-0.25, -0.2) is 0 Å². The molecule has 0 atom stereocenters. The summed E-state index contributed by atoms with van der Waals surface area (Å²) in [5.41, 5.74) is 1.04. The van der Waals surface area contributed by atoms with E-state index < -0.39 is 18.7 Å². The normalized spacial score (nSPS) is 11.3. The third-order valence-corrected chi connectivity index (χ3v) is 4.23. The van der Waals surface area contributed by atoms with E-state index >= 15 is 0 Å². The minimum absolute atomic E-state index is 0.0747. The first-order chi connectivity index (χ1) is 13.7. The van der Waals surface area contributed by atoms with Gasteiger partial charge in [-0.3, -0.25) is 9.48 Å². The number of hydrogen-bond donors (Lipinski definition) is 1. The van der Waals surface area contributed by atoms with E-state index in [2.05, 4.69) is 15.2 Å². The van der Waals surface area contributed by atoms with Crippen molar-refractivity contribution in [3.8, 4) is 5.75 Å². The summed E-state index contributed by atoms with van der Waals surface area (Å²) in [5.74, 6) is -0.525. The van der Waals surface area contributed by atoms with E-state index in [4.69, 9.17) is 23.2 Å². The van der Waals surface area contributed by atoms with Gasteiger partial charge in [0.2, 0.25) is 0 Å². The molecule has 10 heteroatoms. The lowest BCUT2D eigenvalue weighted by Gasteiger charge is -2.10. The van der Waals surface area contributed by atoms with Gasteiger partial charge in [0, 0.05) is 16.8 Å². The lowest BCUT2D eigenvalue weighted by atomic mass is 10.2. The van der Waals surface area contributed by atoms with Gasteiger partial charge < -0.3 is 10.1 Å². The highest BCUT2D eigenvalue weighted by Gasteiger charge is 2.28. The van der Waals surface area contributed by atoms with Crippen molar-refractivity contribution < 1.29 is 22.7 Å². The maximum Gasteiger partial charge on any atom is 0.422 e. The van der Waals surface area contributed by atoms with Crippen molar-refractivity contribution in [3.05, 3.63) is 75.9 Å². The summed E-state index contributed by atoms with van der Waals surface area (Å²) in [6, 6.07) is 12.6. The molecular weight excluding hydrogens is 430 g/mol. The van der Waals surface area contributed by atoms with E-state index in [9.17, 15) is 18.0 Å². The first-order valence-electron chi connectivity index (χ1n) is 8.28. The lowest BCUT2D eigenvalue weighted by Crippen LogP contribution is -2.19. The molecule has 0 bridgehead atoms. The number of aromatic nitrogens is 2. The number of amides is 1. The van der Waals surface area contributed by atoms with E-state index in [1.165, 1.54) is 24.3 Å². The molecule has 2 aromatic carbocycles. The highest BCUT2D eigenvalue weighted by molar-refractivity contribution is 6.33. The summed E-state index contributed by atoms with van der Waals surface area (Å²) < 4.78 is 43.0. The fourth-order valence-electron chi connectivity index (χ4n) is 2.41. The molecule has 152 valence electrons. The van der Waals surface area contributed by atoms with E-state index in [0.717, 1.165) is 5.56 Å². The minimum atomic E-state index is -4.47. The number of carbonyl (C=O) groups excluding carboxylic acids is 1. The first kappa shape index (κ1) is 21.0. The number of nitrogens with zero attached hydrogens (tertiary/aromatic N) is 2. The Morgan fingerprint density at radius 1 is 1.14 bits per heavy atom. The van der Waals surface area contributed by atoms with E-state index in [1.54, 1.807) is 23.0 Å². The summed E-state index contributed by atoms with van der Waals surface area (Å²) >= 11 is 12.0. The highest BCUT2D eigenvalue weighted by atomic mass is 35.5. The van der Waals surface area contributed by atoms with Crippen molar-refractivity contribution in [1.29, 1.82) is 0 Å². The highest BCUT2D eigenvalue weighted by Crippen LogP contribution is 2.23. The summed E-state index contributed by atoms with van der Waals surface area (Å²) in [7, 11) is 0. The number of halogens is 5. The Kier molecular flexibility index (Phi) is 6.34. The van der Waals surface area contributed by atoms with Crippen molar-refractivity contribution in [1.82, 2.24) is 9.78 Å². The van der Waals surface area contributed by atoms with Crippen LogP contribution >= 0.6 is 23.2 Å². The molecule has 0 radical (unpaired) electrons. The molecule has 0 aliphatic rings. The van der Waals surface area contributed by atoms with Crippen LogP contribution in [0.3, 0.4) is 0 Å². The Balaban J connectivity index is 1.67. The summed E-state index contributed by atoms with van der Waals surface area (Å²) in [4.78, 5) is 12.4. The zero-order valence-corrected chi connectivity index (χ0v) is 16.2. The van der Waals surface area contributed by atoms with Gasteiger partial charge in [-0.05, 0) is 35.9 Å². The van der Waals surface area contributed by atoms with Crippen molar-refractivity contribution in [3.63, 3.8) is 0 Å². The van der Waals surface area contributed by atoms with Crippen LogP contribution in [0.15, 0.2) is 54.7 Å². The zero-order valence-electron chi connectivity index (χ0n) is 14.7. The summed E-state index contributed by atoms with van der Waals surface area (Å²) in [5, 5.41) is 7.60. The minimum Gasteiger partial charge on any atom is -0.484 e. The standard InChI is InChI=1S/C19H14Cl2F3N3O2/c20-14-6-4-12(5-7-14)9-27-10-16(21)17(26-27)25-18(28)13-2-1-3-15(8-13)29-11-19(22,23)24/h1-8,10H,9,11H2,(H,25,26,28). The maximum atomic E-state index is 12.4. The Morgan fingerprint density at radius 2 is 1.86 bits per heavy atom. The number of alkyl halides is 3. The van der Waals surface area contributed by atoms with Crippen molar-refractivity contribution in [2.45, 2.75) is 12.7 Å². The molecule has 1 N–H and O–H groups in total. The van der Waals surface area contributed by atoms with Crippen molar-refractivity contribution >= 4 is 34.9 Å². The number of benzene rings is 2. The molecule has 3 aromatic rings. The van der Waals surface area contributed by atoms with Crippen LogP contribution in [0.25, 0.3) is 0 Å². The third kappa shape index (κ3) is 6.13. The van der Waals surface area contributed by atoms with Crippen LogP contribution < -0.4 is 10.1 Å². The van der Waals surface area contributed by atoms with Crippen molar-refractivity contribution in [2.24, 2.45) is 0 Å². The molecule has 3 rings (SSSR count). The second-order valence-corrected chi connectivity index (χ2v) is 6.88. The fraction of sp³-hybridized carbons (Fsp3) is 0.158. The van der Waals surface area contributed by atoms with E-state index in [-0.39, 0.29) is 22.2 Å². The van der Waals surface area contributed by atoms with Gasteiger partial charge in [-0.1, -0.05) is 41.4 Å². The molecule has 0 fully saturated rings. The van der Waals surface area contributed by atoms with Gasteiger partial charge in [0.25, 0.3) is 5.91 Å². The number of anilines is 1. The quantitative estimate of drug-likeness (QED) is 0.552. The fourth-order valence-corrected chi connectivity index (χ4v) is 2.74. The molecule has 0 aliphatic carbocycles. The smallest absolute Gasteiger partial charge is 0.422 e. The number of ether oxygens (including phenoxy) is 1. The second kappa shape index (κ2) is 8.75. The van der Waals surface area contributed by atoms with E-state index in [0.29, 0.717) is 11.6 Å². The predicted octanol–water partition coefficient (Wildman–Crippen LogP) is 5.43. The average Bonchev–Trinajstić information content (AvgIpc) is 3.00. The van der Waals surface area contributed by atoms with E-state index in [1.807, 2.05) is 12.1 Å². The van der Waals surface area contributed by atoms with Crippen LogP contribution in [0.4, 0.5) is 19.0 Å². The lowest BCUT2D eigenvalue weighted by molar-refractivity contribution is -0.153. The van der Waals surface area contributed by atoms with Gasteiger partial charge >= 0.3 is 6.18 Å². The molecule has 0 spiro atoms. The average molecular weight is 444 g/mol. The van der Waals surface area contributed by atoms with Crippen LogP contribution in [0.2, 0.25) is 10.0 Å². The van der Waals surface area contributed by atoms with Gasteiger partial charge in [0.05, 0.1) is 6.54 Å². The number of rotatable bonds is 6. The first-order valence-corrected chi connectivity index (χ1v) is 9.03. The van der Waals surface area contributed by atoms with Crippen LogP contribution in [0, 0.1) is 0 Å². The van der Waals surface area contributed by atoms with Crippen LogP contribution in [-0.2, 0) is 6.54 Å². The summed E-state index contributed by atoms with van der Waals surface area (Å²) in [6.07, 6.45) is -2.92. The number of nitrogens with one attached hydrogen (secondary N) is 1. The molecule has 0 unspecified atom stereocenters. The molecule has 1 aromatic heterocycles. The van der Waals surface area contributed by atoms with Crippen molar-refractivity contribution in [2.75, 3.05) is 11.9 Å². The molecule has 0 aliphatic heterocycles. The Morgan fingerprint density at radius 3 is 2.55 bits per heavy atom. The molecule has 1 amide bonds. The maximum absolute atomic E-state index is 12.4. The third-order valence-electron chi connectivity index (χ3n) is 3.71. The number of hydrogen-bond acceptors (Lipinski definition) is 3. The second-order valence-electron chi connectivity index (χ2n) is 6.04. The predicted molar refractivity (Wildman–Crippen MR) is 104 cm³/mol. The number of carbonyl (C=O) groups is 1. The largest absolute Gasteiger partial charge is 0.484 e. The van der Waals surface area contributed by atoms with Crippen LogP contribution in [0.1, 0.15) is 15.9 Å². The Hall–Kier alpha value is -2.71. The van der Waals surface area contributed by atoms with Gasteiger partial charge in [-0.15, -0.1) is 0 Å². The molecular formula is C19H14Cl2F3N3O2. The van der Waals surface area contributed by atoms with Crippen LogP contribution in [0.5, 0.6) is 5.75 Å². The molecule has 1 heterocycles. The topological polar surface area (TPSA) is 56.2 Å². The van der Waals surface area contributed by atoms with Gasteiger partial charge in [0.1, 0.15) is 10.8 Å². The molecule has 0 saturated carbocycles. The zero-order chi connectivity index (χ0) is 21.0.